The van der Waals surface area contributed by atoms with Crippen molar-refractivity contribution in [3.63, 3.8) is 0 Å². The molecule has 0 saturated heterocycles. The van der Waals surface area contributed by atoms with Gasteiger partial charge < -0.3 is 10.1 Å². The molecule has 0 spiro atoms. The van der Waals surface area contributed by atoms with E-state index in [0.29, 0.717) is 18.0 Å². The number of rotatable bonds is 6. The number of non-ortho nitro benzene ring substituents is 1. The van der Waals surface area contributed by atoms with Crippen LogP contribution in [0.1, 0.15) is 6.92 Å². The van der Waals surface area contributed by atoms with Crippen molar-refractivity contribution in [2.24, 2.45) is 4.99 Å². The number of amides is 1. The Kier molecular flexibility index (Phi) is 5.40. The van der Waals surface area contributed by atoms with E-state index in [2.05, 4.69) is 10.3 Å². The van der Waals surface area contributed by atoms with E-state index in [0.717, 1.165) is 12.0 Å². The second-order valence-corrected chi connectivity index (χ2v) is 4.48. The van der Waals surface area contributed by atoms with Crippen molar-refractivity contribution in [1.29, 1.82) is 0 Å². The predicted molar refractivity (Wildman–Crippen MR) is 87.5 cm³/mol. The van der Waals surface area contributed by atoms with Crippen LogP contribution in [0.25, 0.3) is 0 Å². The molecule has 0 radical (unpaired) electrons. The number of carbonyl (C=O) groups is 1. The number of carbonyl (C=O) groups excluding carboxylic acids is 1. The van der Waals surface area contributed by atoms with E-state index in [1.54, 1.807) is 30.3 Å². The van der Waals surface area contributed by atoms with Crippen LogP contribution in [0.5, 0.6) is 5.75 Å². The van der Waals surface area contributed by atoms with Gasteiger partial charge in [-0.25, -0.2) is 0 Å². The van der Waals surface area contributed by atoms with Crippen LogP contribution in [0.3, 0.4) is 0 Å². The van der Waals surface area contributed by atoms with Gasteiger partial charge in [0.25, 0.3) is 11.6 Å². The van der Waals surface area contributed by atoms with Gasteiger partial charge in [0.1, 0.15) is 5.75 Å². The fourth-order valence-electron chi connectivity index (χ4n) is 1.80. The number of hydrogen-bond donors (Lipinski definition) is 1. The van der Waals surface area contributed by atoms with Crippen LogP contribution in [0.4, 0.5) is 17.1 Å². The number of hydrogen-bond acceptors (Lipinski definition) is 5. The zero-order chi connectivity index (χ0) is 16.7. The van der Waals surface area contributed by atoms with Gasteiger partial charge in [0.05, 0.1) is 23.4 Å². The zero-order valence-electron chi connectivity index (χ0n) is 12.4. The molecular formula is C16H15N3O4. The highest BCUT2D eigenvalue weighted by Crippen LogP contribution is 2.19. The fourth-order valence-corrected chi connectivity index (χ4v) is 1.80. The molecule has 118 valence electrons. The Hall–Kier alpha value is -3.22. The molecule has 2 aromatic rings. The standard InChI is InChI=1S/C16H15N3O4/c1-2-23-15-8-6-12(7-9-15)18-16(20)11-17-13-4-3-5-14(10-13)19(21)22/h3-11H,2H2,1H3,(H,18,20). The summed E-state index contributed by atoms with van der Waals surface area (Å²) in [6, 6.07) is 12.7. The SMILES string of the molecule is CCOc1ccc(NC(=O)C=Nc2cccc([N+](=O)[O-])c2)cc1. The molecule has 23 heavy (non-hydrogen) atoms. The fraction of sp³-hybridized carbons (Fsp3) is 0.125. The molecule has 0 atom stereocenters. The minimum Gasteiger partial charge on any atom is -0.494 e. The highest BCUT2D eigenvalue weighted by atomic mass is 16.6. The summed E-state index contributed by atoms with van der Waals surface area (Å²) in [6.07, 6.45) is 1.08. The van der Waals surface area contributed by atoms with E-state index < -0.39 is 10.8 Å². The van der Waals surface area contributed by atoms with E-state index in [-0.39, 0.29) is 5.69 Å². The number of nitrogens with one attached hydrogen (secondary N) is 1. The molecule has 0 bridgehead atoms. The maximum absolute atomic E-state index is 11.8. The summed E-state index contributed by atoms with van der Waals surface area (Å²) < 4.78 is 5.31. The average Bonchev–Trinajstić information content (AvgIpc) is 2.55. The van der Waals surface area contributed by atoms with E-state index in [1.165, 1.54) is 18.2 Å². The summed E-state index contributed by atoms with van der Waals surface area (Å²) in [4.78, 5) is 25.9. The Morgan fingerprint density at radius 3 is 2.70 bits per heavy atom. The van der Waals surface area contributed by atoms with Crippen molar-refractivity contribution in [1.82, 2.24) is 0 Å². The van der Waals surface area contributed by atoms with Crippen LogP contribution in [0.15, 0.2) is 53.5 Å². The molecule has 0 aliphatic heterocycles. The molecule has 0 aromatic heterocycles. The minimum atomic E-state index is -0.515. The van der Waals surface area contributed by atoms with E-state index in [4.69, 9.17) is 4.74 Å². The number of nitro benzene ring substituents is 1. The van der Waals surface area contributed by atoms with Gasteiger partial charge in [0, 0.05) is 17.8 Å². The number of nitrogens with zero attached hydrogens (tertiary/aromatic N) is 2. The second-order valence-electron chi connectivity index (χ2n) is 4.48. The summed E-state index contributed by atoms with van der Waals surface area (Å²) in [5.74, 6) is 0.288. The molecule has 0 saturated carbocycles. The lowest BCUT2D eigenvalue weighted by molar-refractivity contribution is -0.384. The first-order valence-electron chi connectivity index (χ1n) is 6.91. The molecule has 7 nitrogen and oxygen atoms in total. The smallest absolute Gasteiger partial charge is 0.271 e. The lowest BCUT2D eigenvalue weighted by atomic mass is 10.3. The lowest BCUT2D eigenvalue weighted by Gasteiger charge is -2.05. The van der Waals surface area contributed by atoms with Crippen molar-refractivity contribution in [2.75, 3.05) is 11.9 Å². The first kappa shape index (κ1) is 16.2. The van der Waals surface area contributed by atoms with Gasteiger partial charge >= 0.3 is 0 Å². The van der Waals surface area contributed by atoms with E-state index >= 15 is 0 Å². The van der Waals surface area contributed by atoms with Crippen LogP contribution in [-0.4, -0.2) is 23.7 Å². The summed E-state index contributed by atoms with van der Waals surface area (Å²) in [5, 5.41) is 13.3. The first-order chi connectivity index (χ1) is 11.1. The molecule has 2 aromatic carbocycles. The monoisotopic (exact) mass is 313 g/mol. The molecule has 0 heterocycles. The highest BCUT2D eigenvalue weighted by Gasteiger charge is 2.05. The number of nitro groups is 1. The van der Waals surface area contributed by atoms with Gasteiger partial charge in [0.2, 0.25) is 0 Å². The highest BCUT2D eigenvalue weighted by molar-refractivity contribution is 6.32. The molecule has 0 fully saturated rings. The number of ether oxygens (including phenoxy) is 1. The molecule has 1 N–H and O–H groups in total. The molecule has 0 aliphatic carbocycles. The minimum absolute atomic E-state index is 0.0772. The second kappa shape index (κ2) is 7.69. The molecule has 0 aliphatic rings. The normalized spacial score (nSPS) is 10.5. The van der Waals surface area contributed by atoms with Crippen LogP contribution in [-0.2, 0) is 4.79 Å². The maximum atomic E-state index is 11.8. The molecular weight excluding hydrogens is 298 g/mol. The lowest BCUT2D eigenvalue weighted by Crippen LogP contribution is -2.12. The number of benzene rings is 2. The quantitative estimate of drug-likeness (QED) is 0.503. The predicted octanol–water partition coefficient (Wildman–Crippen LogP) is 3.33. The number of aliphatic imine (C=N–C) groups is 1. The maximum Gasteiger partial charge on any atom is 0.271 e. The van der Waals surface area contributed by atoms with Gasteiger partial charge in [-0.2, -0.15) is 0 Å². The first-order valence-corrected chi connectivity index (χ1v) is 6.91. The van der Waals surface area contributed by atoms with Crippen molar-refractivity contribution >= 4 is 29.2 Å². The van der Waals surface area contributed by atoms with Gasteiger partial charge in [-0.3, -0.25) is 19.9 Å². The Bertz CT molecular complexity index is 726. The number of anilines is 1. The summed E-state index contributed by atoms with van der Waals surface area (Å²) in [7, 11) is 0. The summed E-state index contributed by atoms with van der Waals surface area (Å²) in [5.41, 5.74) is 0.858. The van der Waals surface area contributed by atoms with Crippen molar-refractivity contribution in [3.05, 3.63) is 58.6 Å². The summed E-state index contributed by atoms with van der Waals surface area (Å²) >= 11 is 0. The van der Waals surface area contributed by atoms with Crippen LogP contribution in [0, 0.1) is 10.1 Å². The topological polar surface area (TPSA) is 93.8 Å². The van der Waals surface area contributed by atoms with Crippen LogP contribution >= 0.6 is 0 Å². The van der Waals surface area contributed by atoms with Gasteiger partial charge in [-0.1, -0.05) is 6.07 Å². The Balaban J connectivity index is 1.98. The van der Waals surface area contributed by atoms with E-state index in [1.807, 2.05) is 6.92 Å². The Morgan fingerprint density at radius 2 is 2.04 bits per heavy atom. The summed E-state index contributed by atoms with van der Waals surface area (Å²) in [6.45, 7) is 2.46. The molecule has 0 unspecified atom stereocenters. The third-order valence-corrected chi connectivity index (χ3v) is 2.80. The average molecular weight is 313 g/mol. The van der Waals surface area contributed by atoms with Crippen LogP contribution < -0.4 is 10.1 Å². The van der Waals surface area contributed by atoms with Gasteiger partial charge in [-0.05, 0) is 37.3 Å². The molecule has 7 heteroatoms. The Labute approximate surface area is 132 Å². The third-order valence-electron chi connectivity index (χ3n) is 2.80. The Morgan fingerprint density at radius 1 is 1.30 bits per heavy atom. The molecule has 1 amide bonds. The van der Waals surface area contributed by atoms with Gasteiger partial charge in [-0.15, -0.1) is 0 Å². The van der Waals surface area contributed by atoms with Crippen LogP contribution in [0.2, 0.25) is 0 Å². The molecule has 2 rings (SSSR count). The third kappa shape index (κ3) is 4.92. The van der Waals surface area contributed by atoms with Gasteiger partial charge in [0.15, 0.2) is 0 Å². The largest absolute Gasteiger partial charge is 0.494 e. The van der Waals surface area contributed by atoms with Crippen molar-refractivity contribution in [3.8, 4) is 5.75 Å². The van der Waals surface area contributed by atoms with Crippen molar-refractivity contribution < 1.29 is 14.5 Å². The van der Waals surface area contributed by atoms with Crippen molar-refractivity contribution in [2.45, 2.75) is 6.92 Å². The zero-order valence-corrected chi connectivity index (χ0v) is 12.4. The van der Waals surface area contributed by atoms with E-state index in [9.17, 15) is 14.9 Å².